The molecule has 2 atom stereocenters. The van der Waals surface area contributed by atoms with E-state index in [9.17, 15) is 5.11 Å². The highest BCUT2D eigenvalue weighted by Gasteiger charge is 2.10. The predicted molar refractivity (Wildman–Crippen MR) is 73.1 cm³/mol. The maximum atomic E-state index is 10.0. The van der Waals surface area contributed by atoms with Gasteiger partial charge in [0.15, 0.2) is 0 Å². The van der Waals surface area contributed by atoms with Gasteiger partial charge < -0.3 is 10.4 Å². The van der Waals surface area contributed by atoms with Crippen molar-refractivity contribution < 1.29 is 5.11 Å². The van der Waals surface area contributed by atoms with Gasteiger partial charge in [0.2, 0.25) is 0 Å². The van der Waals surface area contributed by atoms with E-state index < -0.39 is 6.10 Å². The van der Waals surface area contributed by atoms with Gasteiger partial charge >= 0.3 is 0 Å². The van der Waals surface area contributed by atoms with Gasteiger partial charge in [-0.25, -0.2) is 0 Å². The van der Waals surface area contributed by atoms with Crippen molar-refractivity contribution in [3.05, 3.63) is 35.4 Å². The predicted octanol–water partition coefficient (Wildman–Crippen LogP) is 3.05. The Kier molecular flexibility index (Phi) is 5.66. The van der Waals surface area contributed by atoms with Gasteiger partial charge in [-0.15, -0.1) is 0 Å². The second-order valence-electron chi connectivity index (χ2n) is 5.37. The van der Waals surface area contributed by atoms with Crippen molar-refractivity contribution in [3.63, 3.8) is 0 Å². The molecule has 2 unspecified atom stereocenters. The molecule has 0 spiro atoms. The smallest absolute Gasteiger partial charge is 0.0914 e. The summed E-state index contributed by atoms with van der Waals surface area (Å²) < 4.78 is 0. The summed E-state index contributed by atoms with van der Waals surface area (Å²) in [5.74, 6) is 0.689. The zero-order chi connectivity index (χ0) is 12.8. The third-order valence-corrected chi connectivity index (χ3v) is 2.95. The SMILES string of the molecule is Cc1ccc(C(O)CNC(C)CC(C)C)cc1. The van der Waals surface area contributed by atoms with E-state index in [1.165, 1.54) is 5.56 Å². The molecule has 0 aliphatic heterocycles. The maximum absolute atomic E-state index is 10.0. The summed E-state index contributed by atoms with van der Waals surface area (Å²) in [5.41, 5.74) is 2.21. The highest BCUT2D eigenvalue weighted by molar-refractivity contribution is 5.23. The molecule has 0 saturated carbocycles. The molecule has 0 saturated heterocycles. The molecule has 2 N–H and O–H groups in total. The van der Waals surface area contributed by atoms with E-state index in [4.69, 9.17) is 0 Å². The van der Waals surface area contributed by atoms with Crippen molar-refractivity contribution in [3.8, 4) is 0 Å². The minimum absolute atomic E-state index is 0.412. The monoisotopic (exact) mass is 235 g/mol. The van der Waals surface area contributed by atoms with Crippen molar-refractivity contribution >= 4 is 0 Å². The van der Waals surface area contributed by atoms with Crippen LogP contribution in [0.4, 0.5) is 0 Å². The van der Waals surface area contributed by atoms with Crippen molar-refractivity contribution in [1.82, 2.24) is 5.32 Å². The molecule has 1 rings (SSSR count). The minimum atomic E-state index is -0.412. The van der Waals surface area contributed by atoms with Crippen LogP contribution in [0.3, 0.4) is 0 Å². The van der Waals surface area contributed by atoms with Gasteiger partial charge in [0, 0.05) is 12.6 Å². The Balaban J connectivity index is 2.39. The van der Waals surface area contributed by atoms with Crippen LogP contribution >= 0.6 is 0 Å². The number of hydrogen-bond acceptors (Lipinski definition) is 2. The van der Waals surface area contributed by atoms with E-state index in [0.29, 0.717) is 18.5 Å². The number of aliphatic hydroxyl groups is 1. The first kappa shape index (κ1) is 14.2. The van der Waals surface area contributed by atoms with Gasteiger partial charge in [0.1, 0.15) is 0 Å². The summed E-state index contributed by atoms with van der Waals surface area (Å²) >= 11 is 0. The van der Waals surface area contributed by atoms with Crippen LogP contribution in [0.25, 0.3) is 0 Å². The molecular formula is C15H25NO. The summed E-state index contributed by atoms with van der Waals surface area (Å²) in [7, 11) is 0. The Morgan fingerprint density at radius 2 is 1.71 bits per heavy atom. The number of hydrogen-bond donors (Lipinski definition) is 2. The van der Waals surface area contributed by atoms with Gasteiger partial charge in [-0.3, -0.25) is 0 Å². The number of rotatable bonds is 6. The van der Waals surface area contributed by atoms with Crippen LogP contribution in [-0.4, -0.2) is 17.7 Å². The second-order valence-corrected chi connectivity index (χ2v) is 5.37. The number of aliphatic hydroxyl groups excluding tert-OH is 1. The van der Waals surface area contributed by atoms with Crippen LogP contribution in [0.1, 0.15) is 44.4 Å². The quantitative estimate of drug-likeness (QED) is 0.794. The van der Waals surface area contributed by atoms with Gasteiger partial charge in [-0.1, -0.05) is 43.7 Å². The van der Waals surface area contributed by atoms with Crippen LogP contribution < -0.4 is 5.32 Å². The zero-order valence-corrected chi connectivity index (χ0v) is 11.4. The molecule has 1 aromatic rings. The molecule has 0 fully saturated rings. The summed E-state index contributed by atoms with van der Waals surface area (Å²) in [6, 6.07) is 8.52. The molecule has 96 valence electrons. The fourth-order valence-corrected chi connectivity index (χ4v) is 2.01. The molecule has 1 aromatic carbocycles. The largest absolute Gasteiger partial charge is 0.387 e. The lowest BCUT2D eigenvalue weighted by Crippen LogP contribution is -2.31. The van der Waals surface area contributed by atoms with Crippen LogP contribution in [-0.2, 0) is 0 Å². The second kappa shape index (κ2) is 6.77. The van der Waals surface area contributed by atoms with Crippen LogP contribution in [0.2, 0.25) is 0 Å². The average Bonchev–Trinajstić information content (AvgIpc) is 2.26. The molecule has 0 aliphatic carbocycles. The van der Waals surface area contributed by atoms with E-state index in [0.717, 1.165) is 12.0 Å². The average molecular weight is 235 g/mol. The normalized spacial score (nSPS) is 14.9. The molecular weight excluding hydrogens is 210 g/mol. The lowest BCUT2D eigenvalue weighted by molar-refractivity contribution is 0.169. The molecule has 0 bridgehead atoms. The summed E-state index contributed by atoms with van der Waals surface area (Å²) in [6.45, 7) is 9.28. The van der Waals surface area contributed by atoms with E-state index in [1.54, 1.807) is 0 Å². The Bertz CT molecular complexity index is 318. The molecule has 2 heteroatoms. The first-order chi connectivity index (χ1) is 7.99. The van der Waals surface area contributed by atoms with Gasteiger partial charge in [-0.05, 0) is 31.7 Å². The van der Waals surface area contributed by atoms with Crippen LogP contribution in [0.15, 0.2) is 24.3 Å². The van der Waals surface area contributed by atoms with E-state index in [1.807, 2.05) is 24.3 Å². The van der Waals surface area contributed by atoms with Crippen molar-refractivity contribution in [1.29, 1.82) is 0 Å². The van der Waals surface area contributed by atoms with E-state index in [-0.39, 0.29) is 0 Å². The van der Waals surface area contributed by atoms with Crippen LogP contribution in [0, 0.1) is 12.8 Å². The third kappa shape index (κ3) is 5.33. The fraction of sp³-hybridized carbons (Fsp3) is 0.600. The van der Waals surface area contributed by atoms with Gasteiger partial charge in [0.05, 0.1) is 6.10 Å². The Labute approximate surface area is 105 Å². The Hall–Kier alpha value is -0.860. The van der Waals surface area contributed by atoms with Crippen molar-refractivity contribution in [2.24, 2.45) is 5.92 Å². The molecule has 0 aliphatic rings. The molecule has 17 heavy (non-hydrogen) atoms. The first-order valence-electron chi connectivity index (χ1n) is 6.47. The lowest BCUT2D eigenvalue weighted by Gasteiger charge is -2.19. The van der Waals surface area contributed by atoms with Crippen molar-refractivity contribution in [2.45, 2.75) is 46.3 Å². The van der Waals surface area contributed by atoms with Crippen molar-refractivity contribution in [2.75, 3.05) is 6.54 Å². The number of benzene rings is 1. The highest BCUT2D eigenvalue weighted by atomic mass is 16.3. The molecule has 2 nitrogen and oxygen atoms in total. The lowest BCUT2D eigenvalue weighted by atomic mass is 10.0. The maximum Gasteiger partial charge on any atom is 0.0914 e. The van der Waals surface area contributed by atoms with E-state index >= 15 is 0 Å². The topological polar surface area (TPSA) is 32.3 Å². The Morgan fingerprint density at radius 1 is 1.12 bits per heavy atom. The number of nitrogens with one attached hydrogen (secondary N) is 1. The summed E-state index contributed by atoms with van der Waals surface area (Å²) in [5, 5.41) is 13.4. The summed E-state index contributed by atoms with van der Waals surface area (Å²) in [6.07, 6.45) is 0.728. The molecule has 0 radical (unpaired) electrons. The fourth-order valence-electron chi connectivity index (χ4n) is 2.01. The van der Waals surface area contributed by atoms with Crippen LogP contribution in [0.5, 0.6) is 0 Å². The van der Waals surface area contributed by atoms with Gasteiger partial charge in [-0.2, -0.15) is 0 Å². The molecule has 0 heterocycles. The minimum Gasteiger partial charge on any atom is -0.387 e. The summed E-state index contributed by atoms with van der Waals surface area (Å²) in [4.78, 5) is 0. The Morgan fingerprint density at radius 3 is 2.24 bits per heavy atom. The zero-order valence-electron chi connectivity index (χ0n) is 11.4. The molecule has 0 amide bonds. The standard InChI is InChI=1S/C15H25NO/c1-11(2)9-13(4)16-10-15(17)14-7-5-12(3)6-8-14/h5-8,11,13,15-17H,9-10H2,1-4H3. The third-order valence-electron chi connectivity index (χ3n) is 2.95. The first-order valence-corrected chi connectivity index (χ1v) is 6.47. The number of aryl methyl sites for hydroxylation is 1. The highest BCUT2D eigenvalue weighted by Crippen LogP contribution is 2.13. The van der Waals surface area contributed by atoms with Gasteiger partial charge in [0.25, 0.3) is 0 Å². The molecule has 0 aromatic heterocycles. The van der Waals surface area contributed by atoms with E-state index in [2.05, 4.69) is 33.0 Å².